The Morgan fingerprint density at radius 1 is 0.315 bits per heavy atom. The van der Waals surface area contributed by atoms with Crippen molar-refractivity contribution in [2.45, 2.75) is 0 Å². The highest BCUT2D eigenvalue weighted by molar-refractivity contribution is 7.26. The molecule has 0 saturated carbocycles. The Balaban J connectivity index is 0.900. The lowest BCUT2D eigenvalue weighted by molar-refractivity contribution is 0.622. The predicted molar refractivity (Wildman–Crippen MR) is 310 cm³/mol. The van der Waals surface area contributed by atoms with Gasteiger partial charge < -0.3 is 13.6 Å². The first-order valence-electron chi connectivity index (χ1n) is 24.7. The van der Waals surface area contributed by atoms with Crippen molar-refractivity contribution in [1.29, 1.82) is 0 Å². The molecule has 0 atom stereocenters. The third kappa shape index (κ3) is 6.21. The molecule has 11 aromatic carbocycles. The molecule has 0 saturated heterocycles. The lowest BCUT2D eigenvalue weighted by Gasteiger charge is -2.14. The molecule has 0 bridgehead atoms. The van der Waals surface area contributed by atoms with E-state index in [2.05, 4.69) is 228 Å². The van der Waals surface area contributed by atoms with Crippen molar-refractivity contribution >= 4 is 118 Å². The van der Waals surface area contributed by atoms with Crippen LogP contribution in [0.5, 0.6) is 0 Å². The number of para-hydroxylation sites is 2. The smallest absolute Gasteiger partial charge is 0.227 e. The van der Waals surface area contributed by atoms with Crippen LogP contribution in [0.4, 0.5) is 0 Å². The van der Waals surface area contributed by atoms with E-state index < -0.39 is 0 Å². The Morgan fingerprint density at radius 3 is 1.52 bits per heavy atom. The summed E-state index contributed by atoms with van der Waals surface area (Å²) < 4.78 is 17.0. The summed E-state index contributed by atoms with van der Waals surface area (Å²) in [6.45, 7) is 0. The van der Waals surface area contributed by atoms with E-state index in [4.69, 9.17) is 9.40 Å². The van der Waals surface area contributed by atoms with Crippen LogP contribution in [0.2, 0.25) is 0 Å². The van der Waals surface area contributed by atoms with E-state index in [1.165, 1.54) is 84.4 Å². The fourth-order valence-electron chi connectivity index (χ4n) is 11.6. The van der Waals surface area contributed by atoms with Crippen LogP contribution in [0, 0.1) is 0 Å². The van der Waals surface area contributed by atoms with Gasteiger partial charge in [-0.1, -0.05) is 133 Å². The van der Waals surface area contributed by atoms with Crippen LogP contribution in [0.15, 0.2) is 241 Å². The first kappa shape index (κ1) is 40.6. The number of nitrogens with zero attached hydrogens (tertiary/aromatic N) is 3. The quantitative estimate of drug-likeness (QED) is 0.166. The number of hydrogen-bond donors (Lipinski definition) is 0. The summed E-state index contributed by atoms with van der Waals surface area (Å²) in [4.78, 5) is 5.08. The normalized spacial score (nSPS) is 12.1. The van der Waals surface area contributed by atoms with Gasteiger partial charge in [-0.3, -0.25) is 0 Å². The number of rotatable bonds is 6. The third-order valence-electron chi connectivity index (χ3n) is 14.9. The van der Waals surface area contributed by atoms with Gasteiger partial charge in [0.15, 0.2) is 5.58 Å². The second kappa shape index (κ2) is 15.7. The molecule has 16 aromatic rings. The van der Waals surface area contributed by atoms with Crippen LogP contribution in [0.3, 0.4) is 0 Å². The molecule has 340 valence electrons. The highest BCUT2D eigenvalue weighted by atomic mass is 32.1. The molecular formula is C67H39N3OS2. The van der Waals surface area contributed by atoms with Crippen LogP contribution >= 0.6 is 22.7 Å². The van der Waals surface area contributed by atoms with Crippen molar-refractivity contribution < 1.29 is 4.42 Å². The Labute approximate surface area is 426 Å². The molecule has 16 rings (SSSR count). The molecule has 73 heavy (non-hydrogen) atoms. The lowest BCUT2D eigenvalue weighted by atomic mass is 9.99. The monoisotopic (exact) mass is 965 g/mol. The highest BCUT2D eigenvalue weighted by Gasteiger charge is 2.23. The van der Waals surface area contributed by atoms with Crippen molar-refractivity contribution in [2.24, 2.45) is 0 Å². The minimum Gasteiger partial charge on any atom is -0.434 e. The van der Waals surface area contributed by atoms with Crippen molar-refractivity contribution in [3.8, 4) is 56.2 Å². The van der Waals surface area contributed by atoms with Crippen molar-refractivity contribution in [3.63, 3.8) is 0 Å². The molecule has 0 amide bonds. The van der Waals surface area contributed by atoms with Gasteiger partial charge in [0.25, 0.3) is 0 Å². The van der Waals surface area contributed by atoms with Gasteiger partial charge in [0.05, 0.1) is 22.1 Å². The molecule has 0 aliphatic rings. The summed E-state index contributed by atoms with van der Waals surface area (Å²) in [5, 5.41) is 9.88. The minimum absolute atomic E-state index is 0.606. The van der Waals surface area contributed by atoms with Gasteiger partial charge in [-0.05, 0) is 131 Å². The summed E-state index contributed by atoms with van der Waals surface area (Å²) >= 11 is 3.71. The molecule has 0 radical (unpaired) electrons. The molecular weight excluding hydrogens is 927 g/mol. The maximum absolute atomic E-state index is 6.87. The fourth-order valence-corrected chi connectivity index (χ4v) is 13.8. The van der Waals surface area contributed by atoms with Gasteiger partial charge in [-0.15, -0.1) is 22.7 Å². The van der Waals surface area contributed by atoms with E-state index in [9.17, 15) is 0 Å². The third-order valence-corrected chi connectivity index (χ3v) is 17.2. The number of fused-ring (bicyclic) bond motifs is 14. The minimum atomic E-state index is 0.606. The molecule has 6 heteroatoms. The highest BCUT2D eigenvalue weighted by Crippen LogP contribution is 2.45. The molecule has 0 aliphatic heterocycles. The summed E-state index contributed by atoms with van der Waals surface area (Å²) in [5.41, 5.74) is 16.2. The van der Waals surface area contributed by atoms with E-state index in [1.54, 1.807) is 0 Å². The zero-order chi connectivity index (χ0) is 47.7. The second-order valence-electron chi connectivity index (χ2n) is 19.0. The topological polar surface area (TPSA) is 35.9 Å². The number of benzene rings is 11. The van der Waals surface area contributed by atoms with E-state index in [0.717, 1.165) is 61.0 Å². The zero-order valence-corrected chi connectivity index (χ0v) is 40.7. The Morgan fingerprint density at radius 2 is 0.822 bits per heavy atom. The summed E-state index contributed by atoms with van der Waals surface area (Å²) in [5.74, 6) is 0.606. The summed E-state index contributed by atoms with van der Waals surface area (Å²) in [7, 11) is 0. The number of thiophene rings is 2. The Bertz CT molecular complexity index is 4930. The van der Waals surface area contributed by atoms with Crippen LogP contribution < -0.4 is 0 Å². The first-order chi connectivity index (χ1) is 36.2. The van der Waals surface area contributed by atoms with Crippen LogP contribution in [0.25, 0.3) is 151 Å². The van der Waals surface area contributed by atoms with Gasteiger partial charge in [-0.25, -0.2) is 4.98 Å². The molecule has 0 unspecified atom stereocenters. The van der Waals surface area contributed by atoms with Gasteiger partial charge >= 0.3 is 0 Å². The standard InChI is InChI=1S/C67H39N3OS2/c1-2-13-40(14-3-1)67-68-57-31-30-53-54-39-45(27-32-59(54)70(65(53)66(57)71-67)47-18-11-16-42(36-47)44-29-34-63-56(38-44)51-21-6-9-26-61(51)73-63)48-22-12-23-52-49-19-4-7-24-58(49)69(64(48)52)46-17-10-15-41(35-46)43-28-33-62-55(37-43)50-20-5-8-25-60(50)72-62/h1-39H. The van der Waals surface area contributed by atoms with E-state index >= 15 is 0 Å². The summed E-state index contributed by atoms with van der Waals surface area (Å²) in [6.07, 6.45) is 0. The molecule has 4 nitrogen and oxygen atoms in total. The van der Waals surface area contributed by atoms with Gasteiger partial charge in [-0.2, -0.15) is 0 Å². The average Bonchev–Trinajstić information content (AvgIpc) is 4.29. The van der Waals surface area contributed by atoms with E-state index in [-0.39, 0.29) is 0 Å². The molecule has 5 aromatic heterocycles. The van der Waals surface area contributed by atoms with Gasteiger partial charge in [0, 0.05) is 84.4 Å². The molecule has 0 aliphatic carbocycles. The predicted octanol–water partition coefficient (Wildman–Crippen LogP) is 19.4. The maximum Gasteiger partial charge on any atom is 0.227 e. The van der Waals surface area contributed by atoms with Crippen LogP contribution in [-0.2, 0) is 0 Å². The van der Waals surface area contributed by atoms with Gasteiger partial charge in [0.1, 0.15) is 5.52 Å². The SMILES string of the molecule is c1ccc(-c2nc3ccc4c5cc(-c6cccc7c8ccccc8n(-c8cccc(-c9ccc%10sc%11ccccc%11c%10c9)c8)c67)ccc5n(-c5cccc(-c6ccc7sc8ccccc8c7c6)c5)c4c3o2)cc1. The molecule has 0 fully saturated rings. The second-order valence-corrected chi connectivity index (χ2v) is 21.2. The van der Waals surface area contributed by atoms with Crippen molar-refractivity contribution in [3.05, 3.63) is 237 Å². The van der Waals surface area contributed by atoms with Crippen LogP contribution in [0.1, 0.15) is 0 Å². The van der Waals surface area contributed by atoms with Crippen LogP contribution in [-0.4, -0.2) is 14.1 Å². The largest absolute Gasteiger partial charge is 0.434 e. The molecule has 0 spiro atoms. The summed E-state index contributed by atoms with van der Waals surface area (Å²) in [6, 6.07) is 86.4. The Kier molecular flexibility index (Phi) is 8.75. The first-order valence-corrected chi connectivity index (χ1v) is 26.3. The van der Waals surface area contributed by atoms with E-state index in [0.29, 0.717) is 5.89 Å². The van der Waals surface area contributed by atoms with E-state index in [1.807, 2.05) is 40.9 Å². The fraction of sp³-hybridized carbons (Fsp3) is 0. The number of aromatic nitrogens is 3. The lowest BCUT2D eigenvalue weighted by Crippen LogP contribution is -1.96. The zero-order valence-electron chi connectivity index (χ0n) is 39.1. The van der Waals surface area contributed by atoms with Crippen molar-refractivity contribution in [1.82, 2.24) is 14.1 Å². The maximum atomic E-state index is 6.87. The molecule has 5 heterocycles. The Hall–Kier alpha value is -9.07. The van der Waals surface area contributed by atoms with Crippen molar-refractivity contribution in [2.75, 3.05) is 0 Å². The molecule has 0 N–H and O–H groups in total. The number of hydrogen-bond acceptors (Lipinski definition) is 4. The average molecular weight is 966 g/mol. The van der Waals surface area contributed by atoms with Gasteiger partial charge in [0.2, 0.25) is 5.89 Å². The number of oxazole rings is 1.